The molecule has 0 spiro atoms. The summed E-state index contributed by atoms with van der Waals surface area (Å²) < 4.78 is 0. The number of aromatic nitrogens is 2. The number of hydrogen-bond donors (Lipinski definition) is 1. The quantitative estimate of drug-likeness (QED) is 0.905. The summed E-state index contributed by atoms with van der Waals surface area (Å²) in [6.45, 7) is 5.70. The van der Waals surface area contributed by atoms with E-state index in [2.05, 4.69) is 51.6 Å². The van der Waals surface area contributed by atoms with Crippen LogP contribution in [0.1, 0.15) is 13.3 Å². The van der Waals surface area contributed by atoms with Crippen LogP contribution >= 0.6 is 0 Å². The number of benzene rings is 1. The Morgan fingerprint density at radius 1 is 1.30 bits per heavy atom. The molecular formula is C16H20N4. The number of nitrogens with one attached hydrogen (secondary N) is 1. The zero-order chi connectivity index (χ0) is 13.5. The van der Waals surface area contributed by atoms with Crippen molar-refractivity contribution in [2.24, 2.45) is 11.8 Å². The van der Waals surface area contributed by atoms with Crippen LogP contribution in [0.5, 0.6) is 0 Å². The monoisotopic (exact) mass is 268 g/mol. The van der Waals surface area contributed by atoms with Crippen molar-refractivity contribution < 1.29 is 0 Å². The summed E-state index contributed by atoms with van der Waals surface area (Å²) in [7, 11) is 0. The molecule has 2 fully saturated rings. The Kier molecular flexibility index (Phi) is 2.84. The average molecular weight is 268 g/mol. The molecule has 2 aliphatic rings. The Morgan fingerprint density at radius 2 is 2.20 bits per heavy atom. The number of anilines is 1. The zero-order valence-electron chi connectivity index (χ0n) is 11.8. The third-order valence-electron chi connectivity index (χ3n) is 4.96. The van der Waals surface area contributed by atoms with Gasteiger partial charge in [0.15, 0.2) is 5.82 Å². The molecule has 0 bridgehead atoms. The Morgan fingerprint density at radius 3 is 3.10 bits per heavy atom. The van der Waals surface area contributed by atoms with Gasteiger partial charge in [0, 0.05) is 36.4 Å². The molecule has 0 aliphatic carbocycles. The molecule has 4 rings (SSSR count). The SMILES string of the molecule is CCC1C2CNCC2CN1c1nncc2ccccc12. The molecule has 3 unspecified atom stereocenters. The maximum Gasteiger partial charge on any atom is 0.159 e. The van der Waals surface area contributed by atoms with E-state index in [1.807, 2.05) is 6.20 Å². The van der Waals surface area contributed by atoms with Crippen molar-refractivity contribution in [3.63, 3.8) is 0 Å². The fourth-order valence-corrected chi connectivity index (χ4v) is 4.01. The van der Waals surface area contributed by atoms with Gasteiger partial charge in [-0.05, 0) is 18.3 Å². The summed E-state index contributed by atoms with van der Waals surface area (Å²) in [5.74, 6) is 2.60. The predicted octanol–water partition coefficient (Wildman–Crippen LogP) is 2.06. The second kappa shape index (κ2) is 4.70. The minimum absolute atomic E-state index is 0.593. The van der Waals surface area contributed by atoms with Crippen LogP contribution in [0.2, 0.25) is 0 Å². The molecule has 104 valence electrons. The number of hydrogen-bond acceptors (Lipinski definition) is 4. The highest BCUT2D eigenvalue weighted by atomic mass is 15.3. The smallest absolute Gasteiger partial charge is 0.159 e. The molecule has 3 heterocycles. The van der Waals surface area contributed by atoms with Gasteiger partial charge in [0.2, 0.25) is 0 Å². The van der Waals surface area contributed by atoms with Crippen LogP contribution in [0, 0.1) is 11.8 Å². The van der Waals surface area contributed by atoms with Crippen LogP contribution in [-0.4, -0.2) is 35.9 Å². The summed E-state index contributed by atoms with van der Waals surface area (Å²) in [6.07, 6.45) is 3.03. The molecule has 1 aromatic carbocycles. The highest BCUT2D eigenvalue weighted by Gasteiger charge is 2.44. The first-order valence-corrected chi connectivity index (χ1v) is 7.56. The van der Waals surface area contributed by atoms with Gasteiger partial charge < -0.3 is 10.2 Å². The Hall–Kier alpha value is -1.68. The van der Waals surface area contributed by atoms with Crippen molar-refractivity contribution in [1.29, 1.82) is 0 Å². The molecule has 1 aromatic heterocycles. The molecule has 0 saturated carbocycles. The Labute approximate surface area is 119 Å². The molecule has 3 atom stereocenters. The van der Waals surface area contributed by atoms with Crippen molar-refractivity contribution in [3.05, 3.63) is 30.5 Å². The van der Waals surface area contributed by atoms with Crippen LogP contribution in [0.15, 0.2) is 30.5 Å². The van der Waals surface area contributed by atoms with Crippen molar-refractivity contribution in [1.82, 2.24) is 15.5 Å². The van der Waals surface area contributed by atoms with Gasteiger partial charge in [-0.3, -0.25) is 0 Å². The van der Waals surface area contributed by atoms with Crippen LogP contribution in [0.25, 0.3) is 10.8 Å². The molecule has 1 N–H and O–H groups in total. The van der Waals surface area contributed by atoms with E-state index in [0.29, 0.717) is 6.04 Å². The Bertz CT molecular complexity index is 621. The van der Waals surface area contributed by atoms with E-state index in [-0.39, 0.29) is 0 Å². The van der Waals surface area contributed by atoms with E-state index >= 15 is 0 Å². The van der Waals surface area contributed by atoms with E-state index in [0.717, 1.165) is 37.3 Å². The van der Waals surface area contributed by atoms with Crippen LogP contribution in [-0.2, 0) is 0 Å². The van der Waals surface area contributed by atoms with Crippen LogP contribution < -0.4 is 10.2 Å². The first kappa shape index (κ1) is 12.1. The van der Waals surface area contributed by atoms with Gasteiger partial charge in [-0.15, -0.1) is 5.10 Å². The van der Waals surface area contributed by atoms with Crippen LogP contribution in [0.3, 0.4) is 0 Å². The van der Waals surface area contributed by atoms with E-state index in [1.54, 1.807) is 0 Å². The second-order valence-corrected chi connectivity index (χ2v) is 5.97. The van der Waals surface area contributed by atoms with Crippen LogP contribution in [0.4, 0.5) is 5.82 Å². The second-order valence-electron chi connectivity index (χ2n) is 5.97. The standard InChI is InChI=1S/C16H20N4/c1-2-15-14-9-17-7-12(14)10-20(15)16-13-6-4-3-5-11(13)8-18-19-16/h3-6,8,12,14-15,17H,2,7,9-10H2,1H3. The molecule has 4 nitrogen and oxygen atoms in total. The molecule has 2 aliphatic heterocycles. The third-order valence-corrected chi connectivity index (χ3v) is 4.96. The molecule has 2 saturated heterocycles. The van der Waals surface area contributed by atoms with Gasteiger partial charge in [-0.2, -0.15) is 5.10 Å². The number of fused-ring (bicyclic) bond motifs is 2. The molecule has 0 amide bonds. The normalized spacial score (nSPS) is 29.1. The average Bonchev–Trinajstić information content (AvgIpc) is 3.06. The largest absolute Gasteiger partial charge is 0.351 e. The number of nitrogens with zero attached hydrogens (tertiary/aromatic N) is 3. The fraction of sp³-hybridized carbons (Fsp3) is 0.500. The van der Waals surface area contributed by atoms with Gasteiger partial charge in [-0.1, -0.05) is 31.2 Å². The summed E-state index contributed by atoms with van der Waals surface area (Å²) in [5.41, 5.74) is 0. The maximum atomic E-state index is 4.47. The third kappa shape index (κ3) is 1.71. The molecular weight excluding hydrogens is 248 g/mol. The summed E-state index contributed by atoms with van der Waals surface area (Å²) in [4.78, 5) is 2.51. The zero-order valence-corrected chi connectivity index (χ0v) is 11.8. The lowest BCUT2D eigenvalue weighted by Gasteiger charge is -2.28. The van der Waals surface area contributed by atoms with Gasteiger partial charge in [0.1, 0.15) is 0 Å². The molecule has 20 heavy (non-hydrogen) atoms. The van der Waals surface area contributed by atoms with Crippen molar-refractivity contribution >= 4 is 16.6 Å². The first-order chi connectivity index (χ1) is 9.88. The van der Waals surface area contributed by atoms with Gasteiger partial charge in [-0.25, -0.2) is 0 Å². The van der Waals surface area contributed by atoms with E-state index < -0.39 is 0 Å². The van der Waals surface area contributed by atoms with Crippen molar-refractivity contribution in [3.8, 4) is 0 Å². The lowest BCUT2D eigenvalue weighted by Crippen LogP contribution is -2.35. The summed E-state index contributed by atoms with van der Waals surface area (Å²) >= 11 is 0. The fourth-order valence-electron chi connectivity index (χ4n) is 4.01. The van der Waals surface area contributed by atoms with Gasteiger partial charge in [0.25, 0.3) is 0 Å². The molecule has 2 aromatic rings. The predicted molar refractivity (Wildman–Crippen MR) is 80.8 cm³/mol. The summed E-state index contributed by atoms with van der Waals surface area (Å²) in [6, 6.07) is 9.03. The minimum atomic E-state index is 0.593. The highest BCUT2D eigenvalue weighted by molar-refractivity contribution is 5.91. The van der Waals surface area contributed by atoms with E-state index in [1.165, 1.54) is 17.2 Å². The lowest BCUT2D eigenvalue weighted by molar-refractivity contribution is 0.441. The van der Waals surface area contributed by atoms with Gasteiger partial charge >= 0.3 is 0 Å². The van der Waals surface area contributed by atoms with Crippen molar-refractivity contribution in [2.75, 3.05) is 24.5 Å². The van der Waals surface area contributed by atoms with E-state index in [9.17, 15) is 0 Å². The topological polar surface area (TPSA) is 41.0 Å². The first-order valence-electron chi connectivity index (χ1n) is 7.56. The maximum absolute atomic E-state index is 4.47. The van der Waals surface area contributed by atoms with E-state index in [4.69, 9.17) is 0 Å². The Balaban J connectivity index is 1.79. The molecule has 0 radical (unpaired) electrons. The minimum Gasteiger partial charge on any atom is -0.351 e. The summed E-state index contributed by atoms with van der Waals surface area (Å²) in [5, 5.41) is 14.6. The van der Waals surface area contributed by atoms with Gasteiger partial charge in [0.05, 0.1) is 6.20 Å². The van der Waals surface area contributed by atoms with Crippen molar-refractivity contribution in [2.45, 2.75) is 19.4 Å². The number of rotatable bonds is 2. The lowest BCUT2D eigenvalue weighted by atomic mass is 9.93. The molecule has 4 heteroatoms. The highest BCUT2D eigenvalue weighted by Crippen LogP contribution is 2.38.